The summed E-state index contributed by atoms with van der Waals surface area (Å²) in [5.41, 5.74) is 1.32. The highest BCUT2D eigenvalue weighted by atomic mass is 35.5. The maximum Gasteiger partial charge on any atom is 0.0967 e. The summed E-state index contributed by atoms with van der Waals surface area (Å²) in [4.78, 5) is 0. The fourth-order valence-electron chi connectivity index (χ4n) is 0.534. The summed E-state index contributed by atoms with van der Waals surface area (Å²) in [6.45, 7) is 2.08. The van der Waals surface area contributed by atoms with E-state index in [9.17, 15) is 0 Å². The van der Waals surface area contributed by atoms with Gasteiger partial charge in [0.25, 0.3) is 0 Å². The first kappa shape index (κ1) is 22.2. The normalized spacial score (nSPS) is 7.19. The van der Waals surface area contributed by atoms with Crippen molar-refractivity contribution >= 4 is 69.6 Å². The molecule has 0 aliphatic heterocycles. The molecule has 0 aliphatic carbocycles. The van der Waals surface area contributed by atoms with Gasteiger partial charge in [0, 0.05) is 0 Å². The third-order valence-electron chi connectivity index (χ3n) is 0.940. The quantitative estimate of drug-likeness (QED) is 0.486. The van der Waals surface area contributed by atoms with Gasteiger partial charge in [-0.15, -0.1) is 69.6 Å². The first-order valence-electron chi connectivity index (χ1n) is 4.01. The molecule has 1 aromatic rings. The van der Waals surface area contributed by atoms with Crippen molar-refractivity contribution in [3.8, 4) is 0 Å². The highest BCUT2D eigenvalue weighted by Crippen LogP contribution is 1.92. The second-order valence-corrected chi connectivity index (χ2v) is 4.38. The van der Waals surface area contributed by atoms with Crippen molar-refractivity contribution in [1.29, 1.82) is 0 Å². The molecule has 0 spiro atoms. The average molecular weight is 347 g/mol. The third-order valence-corrected chi connectivity index (χ3v) is 0.940. The van der Waals surface area contributed by atoms with E-state index < -0.39 is 0 Å². The highest BCUT2D eigenvalue weighted by molar-refractivity contribution is 6.41. The van der Waals surface area contributed by atoms with Crippen molar-refractivity contribution in [2.24, 2.45) is 0 Å². The van der Waals surface area contributed by atoms with E-state index in [0.29, 0.717) is 0 Å². The van der Waals surface area contributed by atoms with Gasteiger partial charge in [0.05, 0.1) is 16.0 Å². The molecule has 0 nitrogen and oxygen atoms in total. The predicted molar refractivity (Wildman–Crippen MR) is 80.9 cm³/mol. The Bertz CT molecular complexity index is 175. The molecule has 0 heterocycles. The van der Waals surface area contributed by atoms with Crippen LogP contribution in [0.5, 0.6) is 0 Å². The molecular formula is C10H14Cl6. The Morgan fingerprint density at radius 2 is 0.938 bits per heavy atom. The molecule has 0 N–H and O–H groups in total. The molecule has 0 saturated heterocycles. The smallest absolute Gasteiger partial charge is 0.0967 e. The van der Waals surface area contributed by atoms with Gasteiger partial charge in [-0.3, -0.25) is 0 Å². The van der Waals surface area contributed by atoms with Crippen LogP contribution in [0.2, 0.25) is 0 Å². The van der Waals surface area contributed by atoms with Crippen molar-refractivity contribution in [1.82, 2.24) is 0 Å². The Morgan fingerprint density at radius 1 is 0.688 bits per heavy atom. The lowest BCUT2D eigenvalue weighted by Crippen LogP contribution is -1.62. The lowest BCUT2D eigenvalue weighted by atomic mass is 10.2. The van der Waals surface area contributed by atoms with Crippen molar-refractivity contribution in [3.63, 3.8) is 0 Å². The third kappa shape index (κ3) is 36.3. The van der Waals surface area contributed by atoms with Crippen LogP contribution < -0.4 is 0 Å². The van der Waals surface area contributed by atoms with E-state index in [1.54, 1.807) is 0 Å². The van der Waals surface area contributed by atoms with Gasteiger partial charge >= 0.3 is 0 Å². The van der Waals surface area contributed by atoms with Crippen LogP contribution in [0.1, 0.15) is 5.56 Å². The van der Waals surface area contributed by atoms with Gasteiger partial charge in [0.2, 0.25) is 0 Å². The summed E-state index contributed by atoms with van der Waals surface area (Å²) >= 11 is 28.6. The van der Waals surface area contributed by atoms with E-state index in [-0.39, 0.29) is 16.0 Å². The van der Waals surface area contributed by atoms with Gasteiger partial charge < -0.3 is 0 Å². The Kier molecular flexibility index (Phi) is 34.6. The summed E-state index contributed by atoms with van der Waals surface area (Å²) in [5, 5.41) is 0.583. The monoisotopic (exact) mass is 344 g/mol. The molecule has 0 fully saturated rings. The van der Waals surface area contributed by atoms with Crippen LogP contribution in [0.25, 0.3) is 0 Å². The summed E-state index contributed by atoms with van der Waals surface area (Å²) in [7, 11) is 0. The molecule has 6 heteroatoms. The molecule has 0 radical (unpaired) electrons. The van der Waals surface area contributed by atoms with E-state index in [4.69, 9.17) is 69.6 Å². The number of halogens is 6. The maximum atomic E-state index is 4.76. The molecule has 0 atom stereocenters. The molecule has 0 unspecified atom stereocenters. The molecule has 96 valence electrons. The largest absolute Gasteiger partial charge is 0.109 e. The molecule has 0 aliphatic rings. The minimum atomic E-state index is 0.194. The zero-order valence-corrected chi connectivity index (χ0v) is 13.3. The second-order valence-electron chi connectivity index (χ2n) is 1.96. The van der Waals surface area contributed by atoms with E-state index in [0.717, 1.165) is 0 Å². The Labute approximate surface area is 128 Å². The Morgan fingerprint density at radius 3 is 1.06 bits per heavy atom. The molecule has 1 rings (SSSR count). The zero-order chi connectivity index (χ0) is 13.2. The van der Waals surface area contributed by atoms with E-state index >= 15 is 0 Å². The minimum absolute atomic E-state index is 0.194. The first-order valence-corrected chi connectivity index (χ1v) is 7.22. The summed E-state index contributed by atoms with van der Waals surface area (Å²) < 4.78 is 0. The SMILES string of the molecule is Cc1ccccc1.ClCCl.ClCCl.ClCCl. The van der Waals surface area contributed by atoms with Gasteiger partial charge in [0.1, 0.15) is 0 Å². The fourth-order valence-corrected chi connectivity index (χ4v) is 0.534. The van der Waals surface area contributed by atoms with E-state index in [1.165, 1.54) is 5.56 Å². The Balaban J connectivity index is -0.000000161. The van der Waals surface area contributed by atoms with Gasteiger partial charge in [-0.25, -0.2) is 0 Å². The standard InChI is InChI=1S/C7H8.3CH2Cl2/c1-7-5-3-2-4-6-7;3*2-1-3/h2-6H,1H3;3*1H2. The zero-order valence-electron chi connectivity index (χ0n) is 8.78. The minimum Gasteiger partial charge on any atom is -0.109 e. The predicted octanol–water partition coefficient (Wildman–Crippen LogP) is 6.26. The summed E-state index contributed by atoms with van der Waals surface area (Å²) in [6, 6.07) is 10.3. The van der Waals surface area contributed by atoms with E-state index in [1.807, 2.05) is 18.2 Å². The number of hydrogen-bond donors (Lipinski definition) is 0. The lowest BCUT2D eigenvalue weighted by molar-refractivity contribution is 1.48. The molecule has 0 saturated carbocycles. The van der Waals surface area contributed by atoms with Crippen molar-refractivity contribution in [2.75, 3.05) is 16.0 Å². The second kappa shape index (κ2) is 25.0. The Hall–Kier alpha value is 0.960. The lowest BCUT2D eigenvalue weighted by Gasteiger charge is -1.82. The van der Waals surface area contributed by atoms with Crippen molar-refractivity contribution in [2.45, 2.75) is 6.92 Å². The van der Waals surface area contributed by atoms with Crippen LogP contribution in [0, 0.1) is 6.92 Å². The fraction of sp³-hybridized carbons (Fsp3) is 0.400. The van der Waals surface area contributed by atoms with E-state index in [2.05, 4.69) is 19.1 Å². The molecule has 1 aromatic carbocycles. The number of rotatable bonds is 0. The highest BCUT2D eigenvalue weighted by Gasteiger charge is 1.72. The number of benzene rings is 1. The molecular weight excluding hydrogens is 333 g/mol. The number of alkyl halides is 6. The van der Waals surface area contributed by atoms with Crippen LogP contribution in [0.4, 0.5) is 0 Å². The number of aryl methyl sites for hydroxylation is 1. The van der Waals surface area contributed by atoms with Crippen LogP contribution in [-0.2, 0) is 0 Å². The van der Waals surface area contributed by atoms with Gasteiger partial charge in [-0.2, -0.15) is 0 Å². The first-order chi connectivity index (χ1) is 7.64. The van der Waals surface area contributed by atoms with Gasteiger partial charge in [-0.1, -0.05) is 35.9 Å². The van der Waals surface area contributed by atoms with Crippen LogP contribution in [-0.4, -0.2) is 16.0 Å². The molecule has 0 amide bonds. The summed E-state index contributed by atoms with van der Waals surface area (Å²) in [5.74, 6) is 0. The van der Waals surface area contributed by atoms with Gasteiger partial charge in [-0.05, 0) is 6.92 Å². The van der Waals surface area contributed by atoms with Crippen LogP contribution >= 0.6 is 69.6 Å². The molecule has 0 bridgehead atoms. The topological polar surface area (TPSA) is 0 Å². The van der Waals surface area contributed by atoms with Crippen LogP contribution in [0.3, 0.4) is 0 Å². The van der Waals surface area contributed by atoms with Crippen molar-refractivity contribution in [3.05, 3.63) is 35.9 Å². The molecule has 0 aromatic heterocycles. The van der Waals surface area contributed by atoms with Crippen LogP contribution in [0.15, 0.2) is 30.3 Å². The van der Waals surface area contributed by atoms with Crippen molar-refractivity contribution < 1.29 is 0 Å². The molecule has 16 heavy (non-hydrogen) atoms. The average Bonchev–Trinajstić information content (AvgIpc) is 2.22. The maximum absolute atomic E-state index is 4.76. The summed E-state index contributed by atoms with van der Waals surface area (Å²) in [6.07, 6.45) is 0. The number of hydrogen-bond acceptors (Lipinski definition) is 0. The van der Waals surface area contributed by atoms with Gasteiger partial charge in [0.15, 0.2) is 0 Å².